The maximum atomic E-state index is 4.43. The molecule has 2 nitrogen and oxygen atoms in total. The van der Waals surface area contributed by atoms with Crippen LogP contribution in [0, 0.1) is 0 Å². The fourth-order valence-electron chi connectivity index (χ4n) is 1.01. The second-order valence-electron chi connectivity index (χ2n) is 2.91. The van der Waals surface area contributed by atoms with E-state index in [1.54, 1.807) is 0 Å². The number of nitrogens with zero attached hydrogens (tertiary/aromatic N) is 2. The first-order chi connectivity index (χ1) is 4.61. The van der Waals surface area contributed by atoms with Crippen LogP contribution in [0.15, 0.2) is 9.98 Å². The summed E-state index contributed by atoms with van der Waals surface area (Å²) in [6.07, 6.45) is 0. The first-order valence-electron chi connectivity index (χ1n) is 3.70. The Bertz CT molecular complexity index is 169. The largest absolute Gasteiger partial charge is 0.283 e. The average molecular weight is 138 g/mol. The van der Waals surface area contributed by atoms with Gasteiger partial charge in [0.15, 0.2) is 0 Å². The molecular formula is C8H14N2. The third-order valence-electron chi connectivity index (χ3n) is 2.02. The highest BCUT2D eigenvalue weighted by atomic mass is 15.0. The Morgan fingerprint density at radius 2 is 1.20 bits per heavy atom. The summed E-state index contributed by atoms with van der Waals surface area (Å²) >= 11 is 0. The highest BCUT2D eigenvalue weighted by Crippen LogP contribution is 2.09. The Morgan fingerprint density at radius 3 is 1.50 bits per heavy atom. The third-order valence-corrected chi connectivity index (χ3v) is 2.02. The molecule has 0 radical (unpaired) electrons. The molecule has 56 valence electrons. The van der Waals surface area contributed by atoms with Crippen LogP contribution in [-0.4, -0.2) is 23.5 Å². The van der Waals surface area contributed by atoms with Crippen LogP contribution in [0.3, 0.4) is 0 Å². The highest BCUT2D eigenvalue weighted by molar-refractivity contribution is 6.41. The monoisotopic (exact) mass is 138 g/mol. The minimum Gasteiger partial charge on any atom is -0.283 e. The van der Waals surface area contributed by atoms with E-state index in [0.29, 0.717) is 12.1 Å². The van der Waals surface area contributed by atoms with Crippen LogP contribution >= 0.6 is 0 Å². The van der Waals surface area contributed by atoms with Gasteiger partial charge in [-0.3, -0.25) is 9.98 Å². The molecule has 0 aromatic carbocycles. The van der Waals surface area contributed by atoms with Gasteiger partial charge in [0, 0.05) is 0 Å². The predicted molar refractivity (Wildman–Crippen MR) is 45.1 cm³/mol. The topological polar surface area (TPSA) is 24.7 Å². The minimum absolute atomic E-state index is 0.365. The van der Waals surface area contributed by atoms with Crippen LogP contribution in [0.2, 0.25) is 0 Å². The van der Waals surface area contributed by atoms with Crippen LogP contribution < -0.4 is 0 Å². The summed E-state index contributed by atoms with van der Waals surface area (Å²) in [5.74, 6) is 0. The average Bonchev–Trinajstić information content (AvgIpc) is 1.84. The summed E-state index contributed by atoms with van der Waals surface area (Å²) < 4.78 is 0. The summed E-state index contributed by atoms with van der Waals surface area (Å²) in [5.41, 5.74) is 2.18. The molecule has 2 atom stereocenters. The molecule has 1 unspecified atom stereocenters. The molecule has 0 fully saturated rings. The Kier molecular flexibility index (Phi) is 1.88. The van der Waals surface area contributed by atoms with E-state index in [1.807, 2.05) is 13.8 Å². The van der Waals surface area contributed by atoms with Crippen molar-refractivity contribution in [3.05, 3.63) is 0 Å². The van der Waals surface area contributed by atoms with Crippen LogP contribution in [0.4, 0.5) is 0 Å². The Morgan fingerprint density at radius 1 is 0.900 bits per heavy atom. The van der Waals surface area contributed by atoms with E-state index in [9.17, 15) is 0 Å². The third kappa shape index (κ3) is 1.25. The zero-order valence-corrected chi connectivity index (χ0v) is 7.05. The van der Waals surface area contributed by atoms with Gasteiger partial charge in [-0.25, -0.2) is 0 Å². The molecule has 0 saturated carbocycles. The summed E-state index contributed by atoms with van der Waals surface area (Å²) in [6.45, 7) is 8.23. The summed E-state index contributed by atoms with van der Waals surface area (Å²) in [6, 6.07) is 0.729. The number of rotatable bonds is 0. The molecule has 0 bridgehead atoms. The van der Waals surface area contributed by atoms with Crippen LogP contribution in [0.25, 0.3) is 0 Å². The van der Waals surface area contributed by atoms with Crippen molar-refractivity contribution >= 4 is 11.4 Å². The van der Waals surface area contributed by atoms with E-state index in [1.165, 1.54) is 0 Å². The van der Waals surface area contributed by atoms with Gasteiger partial charge in [0.05, 0.1) is 23.5 Å². The Hall–Kier alpha value is -0.660. The molecule has 0 N–H and O–H groups in total. The lowest BCUT2D eigenvalue weighted by atomic mass is 10.1. The molecule has 1 heterocycles. The van der Waals surface area contributed by atoms with E-state index < -0.39 is 0 Å². The van der Waals surface area contributed by atoms with Gasteiger partial charge in [0.1, 0.15) is 0 Å². The van der Waals surface area contributed by atoms with Crippen molar-refractivity contribution in [2.45, 2.75) is 39.8 Å². The Labute approximate surface area is 62.1 Å². The fraction of sp³-hybridized carbons (Fsp3) is 0.750. The predicted octanol–water partition coefficient (Wildman–Crippen LogP) is 1.70. The number of hydrogen-bond acceptors (Lipinski definition) is 2. The summed E-state index contributed by atoms with van der Waals surface area (Å²) in [5, 5.41) is 0. The smallest absolute Gasteiger partial charge is 0.0696 e. The summed E-state index contributed by atoms with van der Waals surface area (Å²) in [4.78, 5) is 8.86. The molecule has 0 saturated heterocycles. The van der Waals surface area contributed by atoms with Gasteiger partial charge in [0.25, 0.3) is 0 Å². The lowest BCUT2D eigenvalue weighted by Gasteiger charge is -2.19. The van der Waals surface area contributed by atoms with E-state index in [0.717, 1.165) is 11.4 Å². The molecule has 0 aromatic rings. The van der Waals surface area contributed by atoms with Gasteiger partial charge in [-0.05, 0) is 27.7 Å². The zero-order valence-electron chi connectivity index (χ0n) is 7.05. The molecule has 0 amide bonds. The molecule has 0 spiro atoms. The number of hydrogen-bond donors (Lipinski definition) is 0. The maximum Gasteiger partial charge on any atom is 0.0696 e. The minimum atomic E-state index is 0.365. The van der Waals surface area contributed by atoms with E-state index in [-0.39, 0.29) is 0 Å². The highest BCUT2D eigenvalue weighted by Gasteiger charge is 2.15. The first kappa shape index (κ1) is 7.45. The molecule has 2 heteroatoms. The van der Waals surface area contributed by atoms with Crippen molar-refractivity contribution < 1.29 is 0 Å². The van der Waals surface area contributed by atoms with Crippen LogP contribution in [-0.2, 0) is 0 Å². The van der Waals surface area contributed by atoms with Gasteiger partial charge in [-0.15, -0.1) is 0 Å². The first-order valence-corrected chi connectivity index (χ1v) is 3.70. The molecule has 0 aromatic heterocycles. The van der Waals surface area contributed by atoms with Crippen molar-refractivity contribution in [1.82, 2.24) is 0 Å². The second kappa shape index (κ2) is 2.52. The quantitative estimate of drug-likeness (QED) is 0.486. The maximum absolute atomic E-state index is 4.43. The Balaban J connectivity index is 2.83. The van der Waals surface area contributed by atoms with Crippen molar-refractivity contribution in [3.8, 4) is 0 Å². The number of aliphatic imine (C=N–C) groups is 2. The summed E-state index contributed by atoms with van der Waals surface area (Å²) in [7, 11) is 0. The molecule has 1 rings (SSSR count). The zero-order chi connectivity index (χ0) is 7.72. The standard InChI is InChI=1S/C8H14N2/c1-5-6(2)10-8(4)7(3)9-5/h5-6H,1-4H3/t5-,6?/m1/s1. The lowest BCUT2D eigenvalue weighted by molar-refractivity contribution is 0.602. The van der Waals surface area contributed by atoms with Crippen LogP contribution in [0.1, 0.15) is 27.7 Å². The molecule has 1 aliphatic heterocycles. The van der Waals surface area contributed by atoms with Gasteiger partial charge < -0.3 is 0 Å². The van der Waals surface area contributed by atoms with Crippen molar-refractivity contribution in [2.24, 2.45) is 9.98 Å². The lowest BCUT2D eigenvalue weighted by Crippen LogP contribution is -2.26. The van der Waals surface area contributed by atoms with Crippen molar-refractivity contribution in [2.75, 3.05) is 0 Å². The normalized spacial score (nSPS) is 33.2. The van der Waals surface area contributed by atoms with Gasteiger partial charge >= 0.3 is 0 Å². The van der Waals surface area contributed by atoms with Gasteiger partial charge in [-0.1, -0.05) is 0 Å². The van der Waals surface area contributed by atoms with Crippen molar-refractivity contribution in [1.29, 1.82) is 0 Å². The molecule has 0 aliphatic carbocycles. The molecule has 10 heavy (non-hydrogen) atoms. The molecule has 1 aliphatic rings. The molecular weight excluding hydrogens is 124 g/mol. The van der Waals surface area contributed by atoms with Gasteiger partial charge in [0.2, 0.25) is 0 Å². The van der Waals surface area contributed by atoms with E-state index in [4.69, 9.17) is 0 Å². The van der Waals surface area contributed by atoms with Gasteiger partial charge in [-0.2, -0.15) is 0 Å². The second-order valence-corrected chi connectivity index (χ2v) is 2.91. The SMILES string of the molecule is CC1=NC(C)[C@@H](C)N=C1C. The van der Waals surface area contributed by atoms with E-state index in [2.05, 4.69) is 23.8 Å². The van der Waals surface area contributed by atoms with E-state index >= 15 is 0 Å². The van der Waals surface area contributed by atoms with Crippen LogP contribution in [0.5, 0.6) is 0 Å². The van der Waals surface area contributed by atoms with Crippen molar-refractivity contribution in [3.63, 3.8) is 0 Å². The fourth-order valence-corrected chi connectivity index (χ4v) is 1.01.